The summed E-state index contributed by atoms with van der Waals surface area (Å²) in [5.74, 6) is 0.830. The Labute approximate surface area is 146 Å². The Balaban J connectivity index is 2.00. The van der Waals surface area contributed by atoms with Crippen LogP contribution < -0.4 is 0 Å². The van der Waals surface area contributed by atoms with Crippen molar-refractivity contribution in [3.63, 3.8) is 0 Å². The maximum atomic E-state index is 2.59. The maximum absolute atomic E-state index is 2.59. The number of rotatable bonds is 3. The molecule has 2 atom stereocenters. The van der Waals surface area contributed by atoms with Crippen molar-refractivity contribution in [3.05, 3.63) is 0 Å². The molecule has 2 rings (SSSR count). The van der Waals surface area contributed by atoms with E-state index in [1.54, 1.807) is 0 Å². The van der Waals surface area contributed by atoms with Crippen LogP contribution in [0.2, 0.25) is 5.31 Å². The lowest BCUT2D eigenvalue weighted by Gasteiger charge is -2.41. The van der Waals surface area contributed by atoms with E-state index in [1.165, 1.54) is 77.0 Å². The van der Waals surface area contributed by atoms with Gasteiger partial charge in [0.05, 0.1) is 0 Å². The van der Waals surface area contributed by atoms with Gasteiger partial charge in [0.15, 0.2) is 0 Å². The van der Waals surface area contributed by atoms with Crippen molar-refractivity contribution in [2.24, 2.45) is 5.92 Å². The zero-order chi connectivity index (χ0) is 16.3. The summed E-state index contributed by atoms with van der Waals surface area (Å²) in [6.45, 7) is 7.46. The first-order valence-electron chi connectivity index (χ1n) is 9.97. The predicted molar refractivity (Wildman–Crippen MR) is 109 cm³/mol. The van der Waals surface area contributed by atoms with Crippen LogP contribution in [0.25, 0.3) is 0 Å². The molecule has 3 heteroatoms. The van der Waals surface area contributed by atoms with Crippen LogP contribution in [-0.2, 0) is 0 Å². The van der Waals surface area contributed by atoms with Gasteiger partial charge in [0.2, 0.25) is 0 Å². The molecule has 0 nitrogen and oxygen atoms in total. The maximum Gasteiger partial charge on any atom is 0.122 e. The Hall–Kier alpha value is 0.480. The lowest BCUT2D eigenvalue weighted by molar-refractivity contribution is 0.363. The van der Waals surface area contributed by atoms with Crippen LogP contribution in [0, 0.1) is 5.92 Å². The molecule has 0 spiro atoms. The molecule has 0 aromatic carbocycles. The fourth-order valence-electron chi connectivity index (χ4n) is 4.70. The molecule has 0 amide bonds. The summed E-state index contributed by atoms with van der Waals surface area (Å²) < 4.78 is 1.08. The van der Waals surface area contributed by atoms with E-state index in [0.29, 0.717) is 14.7 Å². The fraction of sp³-hybridized carbons (Fsp3) is 1.00. The molecule has 2 unspecified atom stereocenters. The summed E-state index contributed by atoms with van der Waals surface area (Å²) >= 11 is 2.39. The second kappa shape index (κ2) is 7.58. The zero-order valence-corrected chi connectivity index (χ0v) is 16.8. The highest BCUT2D eigenvalue weighted by Crippen LogP contribution is 2.54. The molecule has 0 aromatic rings. The molecule has 2 aliphatic rings. The van der Waals surface area contributed by atoms with E-state index < -0.39 is 0 Å². The van der Waals surface area contributed by atoms with Gasteiger partial charge in [0, 0.05) is 4.75 Å². The van der Waals surface area contributed by atoms with E-state index in [9.17, 15) is 0 Å². The molecular weight excluding hydrogens is 282 g/mol. The van der Waals surface area contributed by atoms with E-state index in [0.717, 1.165) is 5.92 Å². The van der Waals surface area contributed by atoms with Gasteiger partial charge in [-0.25, -0.2) is 0 Å². The van der Waals surface area contributed by atoms with Crippen molar-refractivity contribution in [2.75, 3.05) is 0 Å². The molecule has 0 heterocycles. The normalized spacial score (nSPS) is 37.3. The zero-order valence-electron chi connectivity index (χ0n) is 16.0. The van der Waals surface area contributed by atoms with Gasteiger partial charge >= 0.3 is 0 Å². The SMILES string of the molecule is BC1(SC2(C)CCCC(B)(C(C)C)CC2)CCCCCCC1. The van der Waals surface area contributed by atoms with Crippen molar-refractivity contribution in [3.8, 4) is 0 Å². The molecule has 0 N–H and O–H groups in total. The topological polar surface area (TPSA) is 0 Å². The minimum absolute atomic E-state index is 0.528. The van der Waals surface area contributed by atoms with Gasteiger partial charge in [0.25, 0.3) is 0 Å². The third kappa shape index (κ3) is 4.99. The number of hydrogen-bond acceptors (Lipinski definition) is 1. The van der Waals surface area contributed by atoms with Gasteiger partial charge < -0.3 is 0 Å². The molecule has 2 fully saturated rings. The first-order valence-corrected chi connectivity index (χ1v) is 10.8. The standard InChI is InChI=1S/C19H38B2S/c1-16(2)18(20)11-9-10-17(3,14-15-18)22-19(21)12-7-5-4-6-8-13-19/h16H,4-15,20-21H2,1-3H3. The van der Waals surface area contributed by atoms with Gasteiger partial charge in [-0.15, -0.1) is 0 Å². The van der Waals surface area contributed by atoms with E-state index in [4.69, 9.17) is 0 Å². The van der Waals surface area contributed by atoms with Crippen LogP contribution in [0.1, 0.15) is 97.8 Å². The molecule has 22 heavy (non-hydrogen) atoms. The summed E-state index contributed by atoms with van der Waals surface area (Å²) in [6, 6.07) is 0. The average molecular weight is 320 g/mol. The van der Waals surface area contributed by atoms with Crippen LogP contribution >= 0.6 is 11.8 Å². The van der Waals surface area contributed by atoms with E-state index in [-0.39, 0.29) is 0 Å². The third-order valence-corrected chi connectivity index (χ3v) is 8.78. The largest absolute Gasteiger partial charge is 0.158 e. The molecule has 0 saturated heterocycles. The van der Waals surface area contributed by atoms with E-state index in [2.05, 4.69) is 48.2 Å². The van der Waals surface area contributed by atoms with Gasteiger partial charge in [-0.05, 0) is 36.2 Å². The van der Waals surface area contributed by atoms with Crippen molar-refractivity contribution in [2.45, 2.75) is 113 Å². The summed E-state index contributed by atoms with van der Waals surface area (Å²) in [7, 11) is 5.13. The van der Waals surface area contributed by atoms with Crippen LogP contribution in [0.5, 0.6) is 0 Å². The molecule has 126 valence electrons. The fourth-order valence-corrected chi connectivity index (χ4v) is 6.83. The minimum Gasteiger partial charge on any atom is -0.158 e. The molecular formula is C19H38B2S. The molecule has 0 aliphatic heterocycles. The number of hydrogen-bond donors (Lipinski definition) is 0. The highest BCUT2D eigenvalue weighted by Gasteiger charge is 2.40. The molecule has 2 saturated carbocycles. The summed E-state index contributed by atoms with van der Waals surface area (Å²) in [5.41, 5.74) is 0. The summed E-state index contributed by atoms with van der Waals surface area (Å²) in [6.07, 6.45) is 17.4. The van der Waals surface area contributed by atoms with E-state index >= 15 is 0 Å². The molecule has 0 radical (unpaired) electrons. The quantitative estimate of drug-likeness (QED) is 0.523. The molecule has 0 aromatic heterocycles. The Bertz CT molecular complexity index is 349. The monoisotopic (exact) mass is 320 g/mol. The highest BCUT2D eigenvalue weighted by molar-refractivity contribution is 8.03. The van der Waals surface area contributed by atoms with Crippen LogP contribution in [0.15, 0.2) is 0 Å². The first kappa shape index (κ1) is 18.8. The van der Waals surface area contributed by atoms with Crippen molar-refractivity contribution >= 4 is 27.5 Å². The second-order valence-electron chi connectivity index (χ2n) is 9.43. The van der Waals surface area contributed by atoms with Gasteiger partial charge in [-0.1, -0.05) is 77.5 Å². The Morgan fingerprint density at radius 3 is 1.91 bits per heavy atom. The smallest absolute Gasteiger partial charge is 0.122 e. The van der Waals surface area contributed by atoms with Gasteiger partial charge in [-0.2, -0.15) is 11.8 Å². The number of thioether (sulfide) groups is 1. The average Bonchev–Trinajstić information content (AvgIpc) is 2.56. The minimum atomic E-state index is 0.528. The van der Waals surface area contributed by atoms with Crippen molar-refractivity contribution in [1.29, 1.82) is 0 Å². The van der Waals surface area contributed by atoms with Crippen molar-refractivity contribution < 1.29 is 0 Å². The molecule has 0 bridgehead atoms. The van der Waals surface area contributed by atoms with Crippen LogP contribution in [-0.4, -0.2) is 25.1 Å². The van der Waals surface area contributed by atoms with Gasteiger partial charge in [-0.3, -0.25) is 0 Å². The Kier molecular flexibility index (Phi) is 6.48. The highest BCUT2D eigenvalue weighted by atomic mass is 32.2. The predicted octanol–water partition coefficient (Wildman–Crippen LogP) is 4.96. The molecule has 2 aliphatic carbocycles. The summed E-state index contributed by atoms with van der Waals surface area (Å²) in [5, 5.41) is 0.583. The van der Waals surface area contributed by atoms with Crippen LogP contribution in [0.4, 0.5) is 0 Å². The summed E-state index contributed by atoms with van der Waals surface area (Å²) in [4.78, 5) is 0. The second-order valence-corrected chi connectivity index (χ2v) is 11.6. The van der Waals surface area contributed by atoms with Crippen LogP contribution in [0.3, 0.4) is 0 Å². The lowest BCUT2D eigenvalue weighted by atomic mass is 9.57. The third-order valence-electron chi connectivity index (χ3n) is 6.98. The van der Waals surface area contributed by atoms with Gasteiger partial charge in [0.1, 0.15) is 15.7 Å². The Morgan fingerprint density at radius 2 is 1.32 bits per heavy atom. The lowest BCUT2D eigenvalue weighted by Crippen LogP contribution is -2.34. The Morgan fingerprint density at radius 1 is 0.727 bits per heavy atom. The first-order chi connectivity index (χ1) is 10.3. The van der Waals surface area contributed by atoms with Crippen molar-refractivity contribution in [1.82, 2.24) is 0 Å². The van der Waals surface area contributed by atoms with E-state index in [1.807, 2.05) is 0 Å².